The van der Waals surface area contributed by atoms with Crippen LogP contribution in [0.1, 0.15) is 65.6 Å². The van der Waals surface area contributed by atoms with Crippen molar-refractivity contribution >= 4 is 39.1 Å². The van der Waals surface area contributed by atoms with Crippen LogP contribution in [0.3, 0.4) is 0 Å². The van der Waals surface area contributed by atoms with Crippen LogP contribution in [-0.4, -0.2) is 48.3 Å². The van der Waals surface area contributed by atoms with Crippen LogP contribution in [0, 0.1) is 17.7 Å². The number of rotatable bonds is 4. The molecule has 2 N–H and O–H groups in total. The molecule has 266 valence electrons. The number of allylic oxidation sites excluding steroid dienone is 1. The van der Waals surface area contributed by atoms with Crippen LogP contribution in [0.15, 0.2) is 77.2 Å². The summed E-state index contributed by atoms with van der Waals surface area (Å²) in [6.07, 6.45) is 9.79. The molecular weight excluding hydrogens is 679 g/mol. The van der Waals surface area contributed by atoms with Crippen molar-refractivity contribution in [3.05, 3.63) is 106 Å². The third-order valence-electron chi connectivity index (χ3n) is 9.77. The van der Waals surface area contributed by atoms with Crippen molar-refractivity contribution < 1.29 is 27.7 Å². The van der Waals surface area contributed by atoms with Crippen molar-refractivity contribution in [1.82, 2.24) is 10.0 Å². The van der Waals surface area contributed by atoms with Crippen molar-refractivity contribution in [2.45, 2.75) is 64.1 Å². The molecule has 1 fully saturated rings. The van der Waals surface area contributed by atoms with E-state index in [0.29, 0.717) is 54.2 Å². The van der Waals surface area contributed by atoms with Crippen molar-refractivity contribution in [3.8, 4) is 5.75 Å². The lowest BCUT2D eigenvalue weighted by molar-refractivity contribution is 0.0134. The summed E-state index contributed by atoms with van der Waals surface area (Å²) in [6, 6.07) is 16.2. The number of anilines is 1. The summed E-state index contributed by atoms with van der Waals surface area (Å²) in [5.74, 6) is 0.219. The summed E-state index contributed by atoms with van der Waals surface area (Å²) in [4.78, 5) is 29.1. The number of aryl methyl sites for hydroxylation is 1. The summed E-state index contributed by atoms with van der Waals surface area (Å²) < 4.78 is 46.5. The van der Waals surface area contributed by atoms with Crippen LogP contribution in [0.4, 0.5) is 14.9 Å². The normalized spacial score (nSPS) is 24.9. The van der Waals surface area contributed by atoms with E-state index >= 15 is 0 Å². The van der Waals surface area contributed by atoms with Crippen LogP contribution in [0.2, 0.25) is 5.02 Å². The molecule has 1 aliphatic carbocycles. The molecule has 3 amide bonds. The van der Waals surface area contributed by atoms with Crippen molar-refractivity contribution in [1.29, 1.82) is 0 Å². The smallest absolute Gasteiger partial charge is 0.327 e. The number of ether oxygens (including phenoxy) is 2. The minimum Gasteiger partial charge on any atom is -0.491 e. The molecule has 0 spiro atoms. The Morgan fingerprint density at radius 3 is 2.70 bits per heavy atom. The fraction of sp³-hybridized carbons (Fsp3) is 0.421. The highest BCUT2D eigenvalue weighted by Gasteiger charge is 2.38. The van der Waals surface area contributed by atoms with Gasteiger partial charge in [0.25, 0.3) is 5.91 Å². The Morgan fingerprint density at radius 1 is 1.08 bits per heavy atom. The maximum absolute atomic E-state index is 14.2. The van der Waals surface area contributed by atoms with Crippen LogP contribution in [-0.2, 0) is 34.2 Å². The van der Waals surface area contributed by atoms with Crippen LogP contribution < -0.4 is 19.7 Å². The minimum absolute atomic E-state index is 0.0315. The zero-order valence-corrected chi connectivity index (χ0v) is 29.8. The molecular formula is C38H44ClFN4O5S. The lowest BCUT2D eigenvalue weighted by Crippen LogP contribution is -2.43. The topological polar surface area (TPSA) is 109 Å². The Morgan fingerprint density at radius 2 is 1.92 bits per heavy atom. The monoisotopic (exact) mass is 722 g/mol. The highest BCUT2D eigenvalue weighted by Crippen LogP contribution is 2.42. The highest BCUT2D eigenvalue weighted by molar-refractivity contribution is 7.92. The fourth-order valence-corrected chi connectivity index (χ4v) is 8.61. The zero-order valence-electron chi connectivity index (χ0n) is 28.2. The molecule has 12 heteroatoms. The van der Waals surface area contributed by atoms with Gasteiger partial charge in [-0.25, -0.2) is 13.4 Å². The van der Waals surface area contributed by atoms with Crippen molar-refractivity contribution in [2.24, 2.45) is 16.2 Å². The molecule has 3 aliphatic rings. The van der Waals surface area contributed by atoms with Gasteiger partial charge in [0.15, 0.2) is 0 Å². The predicted octanol–water partition coefficient (Wildman–Crippen LogP) is 7.61. The van der Waals surface area contributed by atoms with Gasteiger partial charge in [0.1, 0.15) is 21.5 Å². The molecule has 1 saturated carbocycles. The molecule has 50 heavy (non-hydrogen) atoms. The van der Waals surface area contributed by atoms with E-state index in [0.717, 1.165) is 49.9 Å². The number of carbonyl (C=O) groups excluding carboxylic acids is 2. The first kappa shape index (κ1) is 35.9. The van der Waals surface area contributed by atoms with Gasteiger partial charge in [0, 0.05) is 37.3 Å². The van der Waals surface area contributed by atoms with Gasteiger partial charge in [0.05, 0.1) is 24.2 Å². The Labute approximate surface area is 298 Å². The molecule has 0 aromatic heterocycles. The number of urea groups is 1. The van der Waals surface area contributed by atoms with Gasteiger partial charge in [0.2, 0.25) is 0 Å². The summed E-state index contributed by atoms with van der Waals surface area (Å²) in [5.41, 5.74) is 4.02. The maximum Gasteiger partial charge on any atom is 0.327 e. The first-order chi connectivity index (χ1) is 24.2. The van der Waals surface area contributed by atoms with E-state index in [9.17, 15) is 18.2 Å². The van der Waals surface area contributed by atoms with Gasteiger partial charge in [-0.3, -0.25) is 9.52 Å². The number of hydrogen-bond donors (Lipinski definition) is 2. The van der Waals surface area contributed by atoms with E-state index in [1.54, 1.807) is 37.4 Å². The highest BCUT2D eigenvalue weighted by atomic mass is 35.5. The molecule has 9 nitrogen and oxygen atoms in total. The third kappa shape index (κ3) is 9.04. The Bertz CT molecular complexity index is 1840. The molecule has 2 bridgehead atoms. The van der Waals surface area contributed by atoms with E-state index < -0.39 is 21.9 Å². The standard InChI is InChI=1S/C38H44ClFN4O5S/c1-48-35-8-3-2-6-20-50(47,43-38(46)41-23-26-9-15-32(40)16-10-26)42-37(45)28-13-18-36-34(22-28)44(25-30-12-17-33(30)35)24-29-11-14-31(39)21-27(29)7-4-5-19-49-36/h3,8-11,13-16,18,21-22,30,33,35H,2,4-7,12,17,19-20,23-25H2,1H3,(H2,41,42,43,45,46,47)/b8-3+/t30-,33+,35-,50?/m0/s1. The number of nitrogens with one attached hydrogen (secondary N) is 2. The first-order valence-corrected chi connectivity index (χ1v) is 19.3. The predicted molar refractivity (Wildman–Crippen MR) is 194 cm³/mol. The summed E-state index contributed by atoms with van der Waals surface area (Å²) >= 11 is 6.44. The van der Waals surface area contributed by atoms with Gasteiger partial charge in [-0.05, 0) is 116 Å². The van der Waals surface area contributed by atoms with E-state index in [4.69, 9.17) is 21.1 Å². The van der Waals surface area contributed by atoms with Gasteiger partial charge in [-0.2, -0.15) is 0 Å². The first-order valence-electron chi connectivity index (χ1n) is 17.3. The third-order valence-corrected chi connectivity index (χ3v) is 11.8. The summed E-state index contributed by atoms with van der Waals surface area (Å²) in [5, 5.41) is 3.35. The summed E-state index contributed by atoms with van der Waals surface area (Å²) in [7, 11) is -1.80. The number of hydrogen-bond acceptors (Lipinski definition) is 6. The molecule has 0 saturated heterocycles. The molecule has 4 atom stereocenters. The van der Waals surface area contributed by atoms with E-state index in [2.05, 4.69) is 31.4 Å². The molecule has 3 aromatic rings. The van der Waals surface area contributed by atoms with Crippen LogP contribution in [0.5, 0.6) is 5.75 Å². The quantitative estimate of drug-likeness (QED) is 0.269. The molecule has 2 aliphatic heterocycles. The number of nitrogens with zero attached hydrogens (tertiary/aromatic N) is 2. The average molecular weight is 723 g/mol. The van der Waals surface area contributed by atoms with Crippen molar-refractivity contribution in [2.75, 3.05) is 30.9 Å². The zero-order chi connectivity index (χ0) is 35.1. The molecule has 0 radical (unpaired) electrons. The number of carbonyl (C=O) groups is 2. The number of fused-ring (bicyclic) bond motifs is 3. The second-order valence-electron chi connectivity index (χ2n) is 13.2. The van der Waals surface area contributed by atoms with E-state index in [1.807, 2.05) is 18.2 Å². The summed E-state index contributed by atoms with van der Waals surface area (Å²) in [6.45, 7) is 1.90. The number of halogens is 2. The van der Waals surface area contributed by atoms with Gasteiger partial charge in [-0.1, -0.05) is 42.0 Å². The Hall–Kier alpha value is -3.93. The average Bonchev–Trinajstić information content (AvgIpc) is 3.11. The number of benzene rings is 3. The van der Waals surface area contributed by atoms with Crippen molar-refractivity contribution in [3.63, 3.8) is 0 Å². The minimum atomic E-state index is -3.53. The van der Waals surface area contributed by atoms with Gasteiger partial charge in [-0.15, -0.1) is 4.36 Å². The Balaban J connectivity index is 1.36. The second kappa shape index (κ2) is 16.4. The molecule has 3 aromatic carbocycles. The lowest BCUT2D eigenvalue weighted by atomic mass is 9.70. The largest absolute Gasteiger partial charge is 0.491 e. The second-order valence-corrected chi connectivity index (χ2v) is 15.7. The molecule has 6 rings (SSSR count). The van der Waals surface area contributed by atoms with Gasteiger partial charge < -0.3 is 19.7 Å². The van der Waals surface area contributed by atoms with Gasteiger partial charge >= 0.3 is 6.03 Å². The van der Waals surface area contributed by atoms with Crippen LogP contribution in [0.25, 0.3) is 0 Å². The van der Waals surface area contributed by atoms with Crippen LogP contribution >= 0.6 is 11.6 Å². The SMILES string of the molecule is CO[C@H]1/C=C/CCCS(=O)(NC(=O)NCc2ccc(F)cc2)=NC(=O)c2ccc3c(c2)N(Cc2ccc(Cl)cc2CCCCO3)C[C@@H]2CC[C@H]21. The lowest BCUT2D eigenvalue weighted by Gasteiger charge is -2.43. The van der Waals surface area contributed by atoms with E-state index in [-0.39, 0.29) is 29.8 Å². The Kier molecular flexibility index (Phi) is 11.8. The fourth-order valence-electron chi connectivity index (χ4n) is 6.89. The number of amides is 3. The molecule has 1 unspecified atom stereocenters. The maximum atomic E-state index is 14.2. The van der Waals surface area contributed by atoms with E-state index in [1.165, 1.54) is 17.7 Å². The molecule has 2 heterocycles. The number of methoxy groups -OCH3 is 1.